The summed E-state index contributed by atoms with van der Waals surface area (Å²) in [7, 11) is 0. The molecule has 1 fully saturated rings. The van der Waals surface area contributed by atoms with Gasteiger partial charge in [-0.1, -0.05) is 29.3 Å². The summed E-state index contributed by atoms with van der Waals surface area (Å²) in [6, 6.07) is 21.7. The van der Waals surface area contributed by atoms with Crippen LogP contribution in [0.15, 0.2) is 85.5 Å². The lowest BCUT2D eigenvalue weighted by atomic mass is 10.1. The van der Waals surface area contributed by atoms with E-state index in [-0.39, 0.29) is 12.0 Å². The number of imidazole rings is 1. The zero-order chi connectivity index (χ0) is 26.5. The van der Waals surface area contributed by atoms with Gasteiger partial charge in [0.15, 0.2) is 0 Å². The molecule has 5 rings (SSSR count). The summed E-state index contributed by atoms with van der Waals surface area (Å²) in [5.74, 6) is 0.702. The van der Waals surface area contributed by atoms with E-state index in [2.05, 4.69) is 44.4 Å². The van der Waals surface area contributed by atoms with E-state index < -0.39 is 0 Å². The van der Waals surface area contributed by atoms with Crippen molar-refractivity contribution in [1.82, 2.24) is 9.55 Å². The van der Waals surface area contributed by atoms with Gasteiger partial charge in [0.2, 0.25) is 5.91 Å². The minimum atomic E-state index is -0.305. The first-order valence-electron chi connectivity index (χ1n) is 12.5. The molecule has 0 bridgehead atoms. The molecule has 38 heavy (non-hydrogen) atoms. The smallest absolute Gasteiger partial charge is 0.221 e. The third-order valence-corrected chi connectivity index (χ3v) is 7.12. The zero-order valence-electron chi connectivity index (χ0n) is 21.1. The van der Waals surface area contributed by atoms with E-state index in [0.29, 0.717) is 16.6 Å². The number of rotatable bonds is 8. The van der Waals surface area contributed by atoms with Crippen LogP contribution in [0.5, 0.6) is 5.75 Å². The monoisotopic (exact) mass is 549 g/mol. The Morgan fingerprint density at radius 1 is 0.947 bits per heavy atom. The van der Waals surface area contributed by atoms with E-state index in [1.165, 1.54) is 6.92 Å². The van der Waals surface area contributed by atoms with Crippen LogP contribution in [0.1, 0.15) is 18.6 Å². The van der Waals surface area contributed by atoms with Gasteiger partial charge in [-0.25, -0.2) is 4.98 Å². The first kappa shape index (κ1) is 25.9. The maximum Gasteiger partial charge on any atom is 0.221 e. The molecule has 2 heterocycles. The number of amides is 1. The Labute approximate surface area is 232 Å². The highest BCUT2D eigenvalue weighted by Gasteiger charge is 2.20. The average molecular weight is 550 g/mol. The quantitative estimate of drug-likeness (QED) is 0.279. The molecular weight excluding hydrogens is 521 g/mol. The van der Waals surface area contributed by atoms with Gasteiger partial charge in [-0.15, -0.1) is 0 Å². The first-order chi connectivity index (χ1) is 18.4. The Bertz CT molecular complexity index is 1350. The standard InChI is InChI=1S/C29H29Cl2N5O2/c1-21(37)33-23-3-5-24(6-4-23)35-14-16-36(17-15-35)25-7-9-26(10-8-25)38-29(19-34-13-12-32-20-34)27-11-2-22(30)18-28(27)31/h2-13,18,20,29H,14-17,19H2,1H3,(H,33,37). The van der Waals surface area contributed by atoms with Crippen LogP contribution in [0.25, 0.3) is 0 Å². The molecule has 9 heteroatoms. The van der Waals surface area contributed by atoms with E-state index in [0.717, 1.165) is 54.6 Å². The van der Waals surface area contributed by atoms with E-state index in [1.807, 2.05) is 47.2 Å². The Kier molecular flexibility index (Phi) is 8.05. The number of carbonyl (C=O) groups excluding carboxylic acids is 1. The minimum Gasteiger partial charge on any atom is -0.484 e. The van der Waals surface area contributed by atoms with Crippen molar-refractivity contribution in [1.29, 1.82) is 0 Å². The summed E-state index contributed by atoms with van der Waals surface area (Å²) in [6.07, 6.45) is 5.11. The molecule has 1 saturated heterocycles. The fourth-order valence-corrected chi connectivity index (χ4v) is 5.16. The second-order valence-corrected chi connectivity index (χ2v) is 10.1. The number of ether oxygens (including phenoxy) is 1. The van der Waals surface area contributed by atoms with Crippen LogP contribution in [0.2, 0.25) is 10.0 Å². The number of hydrogen-bond donors (Lipinski definition) is 1. The SMILES string of the molecule is CC(=O)Nc1ccc(N2CCN(c3ccc(OC(Cn4ccnc4)c4ccc(Cl)cc4Cl)cc3)CC2)cc1. The molecule has 1 aliphatic heterocycles. The molecular formula is C29H29Cl2N5O2. The molecule has 0 saturated carbocycles. The van der Waals surface area contributed by atoms with Gasteiger partial charge in [0, 0.05) is 78.2 Å². The molecule has 1 aromatic heterocycles. The van der Waals surface area contributed by atoms with Crippen molar-refractivity contribution in [3.05, 3.63) is 101 Å². The minimum absolute atomic E-state index is 0.0646. The number of anilines is 3. The summed E-state index contributed by atoms with van der Waals surface area (Å²) in [5.41, 5.74) is 4.00. The van der Waals surface area contributed by atoms with Gasteiger partial charge < -0.3 is 24.4 Å². The first-order valence-corrected chi connectivity index (χ1v) is 13.3. The number of carbonyl (C=O) groups is 1. The molecule has 1 unspecified atom stereocenters. The van der Waals surface area contributed by atoms with Crippen molar-refractivity contribution in [2.24, 2.45) is 0 Å². The average Bonchev–Trinajstić information content (AvgIpc) is 3.42. The van der Waals surface area contributed by atoms with Crippen molar-refractivity contribution in [3.63, 3.8) is 0 Å². The molecule has 3 aromatic carbocycles. The highest BCUT2D eigenvalue weighted by atomic mass is 35.5. The van der Waals surface area contributed by atoms with Gasteiger partial charge in [-0.3, -0.25) is 4.79 Å². The summed E-state index contributed by atoms with van der Waals surface area (Å²) in [6.45, 7) is 5.74. The number of aromatic nitrogens is 2. The third-order valence-electron chi connectivity index (χ3n) is 6.56. The van der Waals surface area contributed by atoms with Crippen LogP contribution < -0.4 is 19.9 Å². The molecule has 0 aliphatic carbocycles. The van der Waals surface area contributed by atoms with E-state index in [1.54, 1.807) is 18.6 Å². The maximum atomic E-state index is 11.2. The Morgan fingerprint density at radius 2 is 1.58 bits per heavy atom. The van der Waals surface area contributed by atoms with Gasteiger partial charge in [-0.05, 0) is 60.7 Å². The van der Waals surface area contributed by atoms with Crippen molar-refractivity contribution < 1.29 is 9.53 Å². The predicted molar refractivity (Wildman–Crippen MR) is 154 cm³/mol. The Morgan fingerprint density at radius 3 is 2.13 bits per heavy atom. The van der Waals surface area contributed by atoms with E-state index >= 15 is 0 Å². The van der Waals surface area contributed by atoms with Crippen LogP contribution in [-0.4, -0.2) is 41.6 Å². The third kappa shape index (κ3) is 6.41. The van der Waals surface area contributed by atoms with E-state index in [4.69, 9.17) is 27.9 Å². The number of benzene rings is 3. The lowest BCUT2D eigenvalue weighted by Crippen LogP contribution is -2.46. The maximum absolute atomic E-state index is 11.2. The van der Waals surface area contributed by atoms with Gasteiger partial charge in [0.05, 0.1) is 12.9 Å². The van der Waals surface area contributed by atoms with Crippen LogP contribution in [0.4, 0.5) is 17.1 Å². The van der Waals surface area contributed by atoms with Crippen molar-refractivity contribution in [2.45, 2.75) is 19.6 Å². The fourth-order valence-electron chi connectivity index (χ4n) is 4.63. The van der Waals surface area contributed by atoms with Crippen molar-refractivity contribution in [3.8, 4) is 5.75 Å². The highest BCUT2D eigenvalue weighted by Crippen LogP contribution is 2.32. The molecule has 1 atom stereocenters. The normalized spacial score (nSPS) is 14.3. The summed E-state index contributed by atoms with van der Waals surface area (Å²) in [4.78, 5) is 20.1. The Hall–Kier alpha value is -3.68. The number of piperazine rings is 1. The second-order valence-electron chi connectivity index (χ2n) is 9.23. The molecule has 0 radical (unpaired) electrons. The summed E-state index contributed by atoms with van der Waals surface area (Å²) in [5, 5.41) is 3.97. The number of nitrogens with one attached hydrogen (secondary N) is 1. The van der Waals surface area contributed by atoms with Gasteiger partial charge >= 0.3 is 0 Å². The van der Waals surface area contributed by atoms with Crippen LogP contribution in [-0.2, 0) is 11.3 Å². The van der Waals surface area contributed by atoms with Crippen LogP contribution >= 0.6 is 23.2 Å². The highest BCUT2D eigenvalue weighted by molar-refractivity contribution is 6.35. The summed E-state index contributed by atoms with van der Waals surface area (Å²) < 4.78 is 8.39. The molecule has 4 aromatic rings. The Balaban J connectivity index is 1.22. The van der Waals surface area contributed by atoms with Crippen molar-refractivity contribution >= 4 is 46.2 Å². The van der Waals surface area contributed by atoms with E-state index in [9.17, 15) is 4.79 Å². The lowest BCUT2D eigenvalue weighted by Gasteiger charge is -2.37. The number of hydrogen-bond acceptors (Lipinski definition) is 5. The second kappa shape index (κ2) is 11.8. The molecule has 1 N–H and O–H groups in total. The van der Waals surface area contributed by atoms with Crippen molar-refractivity contribution in [2.75, 3.05) is 41.3 Å². The lowest BCUT2D eigenvalue weighted by molar-refractivity contribution is -0.114. The molecule has 1 amide bonds. The molecule has 196 valence electrons. The van der Waals surface area contributed by atoms with Gasteiger partial charge in [-0.2, -0.15) is 0 Å². The van der Waals surface area contributed by atoms with Crippen LogP contribution in [0.3, 0.4) is 0 Å². The topological polar surface area (TPSA) is 62.6 Å². The van der Waals surface area contributed by atoms with Crippen LogP contribution in [0, 0.1) is 0 Å². The summed E-state index contributed by atoms with van der Waals surface area (Å²) >= 11 is 12.6. The molecule has 7 nitrogen and oxygen atoms in total. The van der Waals surface area contributed by atoms with Gasteiger partial charge in [0.1, 0.15) is 11.9 Å². The fraction of sp³-hybridized carbons (Fsp3) is 0.241. The molecule has 0 spiro atoms. The predicted octanol–water partition coefficient (Wildman–Crippen LogP) is 6.30. The number of nitrogens with zero attached hydrogens (tertiary/aromatic N) is 4. The number of halogens is 2. The van der Waals surface area contributed by atoms with Gasteiger partial charge in [0.25, 0.3) is 0 Å². The largest absolute Gasteiger partial charge is 0.484 e. The zero-order valence-corrected chi connectivity index (χ0v) is 22.6. The molecule has 1 aliphatic rings.